The second-order valence-corrected chi connectivity index (χ2v) is 13.0. The quantitative estimate of drug-likeness (QED) is 0.0674. The molecule has 38 heavy (non-hydrogen) atoms. The number of hydrogen-bond donors (Lipinski definition) is 0. The van der Waals surface area contributed by atoms with Gasteiger partial charge < -0.3 is 4.74 Å². The summed E-state index contributed by atoms with van der Waals surface area (Å²) in [5.74, 6) is 1.59. The molecular formula is C36H72O2. The summed E-state index contributed by atoms with van der Waals surface area (Å²) in [5.41, 5.74) is 0. The summed E-state index contributed by atoms with van der Waals surface area (Å²) in [6, 6.07) is 0. The van der Waals surface area contributed by atoms with Crippen LogP contribution in [0.4, 0.5) is 0 Å². The molecule has 0 saturated heterocycles. The summed E-state index contributed by atoms with van der Waals surface area (Å²) in [7, 11) is 0. The van der Waals surface area contributed by atoms with Gasteiger partial charge >= 0.3 is 5.97 Å². The molecule has 0 bridgehead atoms. The van der Waals surface area contributed by atoms with Gasteiger partial charge in [0.25, 0.3) is 0 Å². The highest BCUT2D eigenvalue weighted by atomic mass is 16.5. The van der Waals surface area contributed by atoms with Crippen LogP contribution in [0.3, 0.4) is 0 Å². The Morgan fingerprint density at radius 2 is 0.921 bits per heavy atom. The smallest absolute Gasteiger partial charge is 0.306 e. The SMILES string of the molecule is CCCCCCCCCCCCCCCCCCCCCC(=O)OC(CCC)CCC(C)CCCC(C)C. The average Bonchev–Trinajstić information content (AvgIpc) is 2.88. The molecule has 0 aromatic heterocycles. The molecule has 0 saturated carbocycles. The Balaban J connectivity index is 3.51. The minimum absolute atomic E-state index is 0.0443. The molecule has 2 nitrogen and oxygen atoms in total. The van der Waals surface area contributed by atoms with Crippen LogP contribution < -0.4 is 0 Å². The number of carbonyl (C=O) groups excluding carboxylic acids is 1. The van der Waals surface area contributed by atoms with Crippen LogP contribution in [0.1, 0.15) is 208 Å². The first-order valence-electron chi connectivity index (χ1n) is 17.7. The van der Waals surface area contributed by atoms with Gasteiger partial charge in [0.2, 0.25) is 0 Å². The minimum atomic E-state index is 0.0443. The summed E-state index contributed by atoms with van der Waals surface area (Å²) < 4.78 is 5.88. The first-order chi connectivity index (χ1) is 18.5. The van der Waals surface area contributed by atoms with Gasteiger partial charge in [-0.3, -0.25) is 4.79 Å². The summed E-state index contributed by atoms with van der Waals surface area (Å²) in [5, 5.41) is 0. The van der Waals surface area contributed by atoms with E-state index in [1.807, 2.05) is 0 Å². The third-order valence-corrected chi connectivity index (χ3v) is 8.35. The highest BCUT2D eigenvalue weighted by Crippen LogP contribution is 2.21. The van der Waals surface area contributed by atoms with E-state index in [4.69, 9.17) is 4.74 Å². The Hall–Kier alpha value is -0.530. The Morgan fingerprint density at radius 3 is 1.34 bits per heavy atom. The first-order valence-corrected chi connectivity index (χ1v) is 17.7. The van der Waals surface area contributed by atoms with Gasteiger partial charge in [0, 0.05) is 6.42 Å². The summed E-state index contributed by atoms with van der Waals surface area (Å²) in [4.78, 5) is 12.4. The van der Waals surface area contributed by atoms with Crippen molar-refractivity contribution in [1.29, 1.82) is 0 Å². The van der Waals surface area contributed by atoms with E-state index in [9.17, 15) is 4.79 Å². The van der Waals surface area contributed by atoms with E-state index < -0.39 is 0 Å². The molecule has 0 spiro atoms. The maximum Gasteiger partial charge on any atom is 0.306 e. The van der Waals surface area contributed by atoms with Crippen LogP contribution in [0.25, 0.3) is 0 Å². The highest BCUT2D eigenvalue weighted by molar-refractivity contribution is 5.69. The van der Waals surface area contributed by atoms with Gasteiger partial charge in [-0.15, -0.1) is 0 Å². The third kappa shape index (κ3) is 28.5. The lowest BCUT2D eigenvalue weighted by molar-refractivity contribution is -0.150. The van der Waals surface area contributed by atoms with Crippen molar-refractivity contribution in [2.45, 2.75) is 214 Å². The molecule has 0 amide bonds. The molecule has 2 atom stereocenters. The zero-order valence-electron chi connectivity index (χ0n) is 27.1. The van der Waals surface area contributed by atoms with E-state index in [0.717, 1.165) is 37.5 Å². The van der Waals surface area contributed by atoms with Crippen molar-refractivity contribution in [3.63, 3.8) is 0 Å². The lowest BCUT2D eigenvalue weighted by Crippen LogP contribution is -2.19. The van der Waals surface area contributed by atoms with Crippen molar-refractivity contribution in [2.24, 2.45) is 11.8 Å². The Morgan fingerprint density at radius 1 is 0.474 bits per heavy atom. The zero-order chi connectivity index (χ0) is 28.1. The van der Waals surface area contributed by atoms with Gasteiger partial charge in [0.15, 0.2) is 0 Å². The molecule has 0 aliphatic heterocycles. The Labute approximate surface area is 241 Å². The van der Waals surface area contributed by atoms with E-state index in [1.165, 1.54) is 141 Å². The molecule has 0 N–H and O–H groups in total. The van der Waals surface area contributed by atoms with Crippen molar-refractivity contribution < 1.29 is 9.53 Å². The first kappa shape index (κ1) is 37.5. The molecule has 228 valence electrons. The van der Waals surface area contributed by atoms with Crippen LogP contribution in [0.2, 0.25) is 0 Å². The third-order valence-electron chi connectivity index (χ3n) is 8.35. The summed E-state index contributed by atoms with van der Waals surface area (Å²) in [6.45, 7) is 11.5. The molecule has 0 rings (SSSR count). The molecule has 0 fully saturated rings. The molecule has 0 aliphatic rings. The van der Waals surface area contributed by atoms with Crippen molar-refractivity contribution in [1.82, 2.24) is 0 Å². The van der Waals surface area contributed by atoms with E-state index in [-0.39, 0.29) is 12.1 Å². The fraction of sp³-hybridized carbons (Fsp3) is 0.972. The molecule has 0 radical (unpaired) electrons. The maximum atomic E-state index is 12.4. The van der Waals surface area contributed by atoms with Crippen LogP contribution in [-0.4, -0.2) is 12.1 Å². The normalized spacial score (nSPS) is 13.2. The van der Waals surface area contributed by atoms with Crippen LogP contribution in [0.5, 0.6) is 0 Å². The fourth-order valence-electron chi connectivity index (χ4n) is 5.67. The Bertz CT molecular complexity index is 472. The van der Waals surface area contributed by atoms with Crippen LogP contribution in [0, 0.1) is 11.8 Å². The largest absolute Gasteiger partial charge is 0.462 e. The monoisotopic (exact) mass is 537 g/mol. The number of rotatable bonds is 30. The van der Waals surface area contributed by atoms with Gasteiger partial charge in [-0.2, -0.15) is 0 Å². The topological polar surface area (TPSA) is 26.3 Å². The number of unbranched alkanes of at least 4 members (excludes halogenated alkanes) is 18. The van der Waals surface area contributed by atoms with E-state index in [1.54, 1.807) is 0 Å². The molecule has 0 aromatic rings. The van der Waals surface area contributed by atoms with Crippen LogP contribution in [-0.2, 0) is 9.53 Å². The lowest BCUT2D eigenvalue weighted by Gasteiger charge is -2.20. The van der Waals surface area contributed by atoms with E-state index in [0.29, 0.717) is 6.42 Å². The standard InChI is InChI=1S/C36H72O2/c1-6-8-9-10-11-12-13-14-15-16-17-18-19-20-21-22-23-24-25-30-36(37)38-35(27-7-2)32-31-34(5)29-26-28-33(3)4/h33-35H,6-32H2,1-5H3. The van der Waals surface area contributed by atoms with Crippen molar-refractivity contribution in [2.75, 3.05) is 0 Å². The Kier molecular flexibility index (Phi) is 29.0. The number of ether oxygens (including phenoxy) is 1. The molecule has 0 aromatic carbocycles. The van der Waals surface area contributed by atoms with Gasteiger partial charge in [-0.25, -0.2) is 0 Å². The fourth-order valence-corrected chi connectivity index (χ4v) is 5.67. The zero-order valence-corrected chi connectivity index (χ0v) is 27.1. The van der Waals surface area contributed by atoms with Gasteiger partial charge in [-0.05, 0) is 37.5 Å². The molecule has 2 unspecified atom stereocenters. The molecular weight excluding hydrogens is 464 g/mol. The van der Waals surface area contributed by atoms with Gasteiger partial charge in [-0.1, -0.05) is 176 Å². The maximum absolute atomic E-state index is 12.4. The number of hydrogen-bond acceptors (Lipinski definition) is 2. The number of carbonyl (C=O) groups is 1. The second-order valence-electron chi connectivity index (χ2n) is 13.0. The second kappa shape index (κ2) is 29.5. The van der Waals surface area contributed by atoms with Crippen LogP contribution >= 0.6 is 0 Å². The van der Waals surface area contributed by atoms with Crippen LogP contribution in [0.15, 0.2) is 0 Å². The van der Waals surface area contributed by atoms with Gasteiger partial charge in [0.05, 0.1) is 0 Å². The van der Waals surface area contributed by atoms with E-state index in [2.05, 4.69) is 34.6 Å². The summed E-state index contributed by atoms with van der Waals surface area (Å²) in [6.07, 6.45) is 35.3. The van der Waals surface area contributed by atoms with Crippen molar-refractivity contribution >= 4 is 5.97 Å². The van der Waals surface area contributed by atoms with Crippen molar-refractivity contribution in [3.8, 4) is 0 Å². The molecule has 0 heterocycles. The van der Waals surface area contributed by atoms with Gasteiger partial charge in [0.1, 0.15) is 6.10 Å². The predicted octanol–water partition coefficient (Wildman–Crippen LogP) is 12.8. The van der Waals surface area contributed by atoms with E-state index >= 15 is 0 Å². The molecule has 0 aliphatic carbocycles. The number of esters is 1. The lowest BCUT2D eigenvalue weighted by atomic mass is 9.94. The predicted molar refractivity (Wildman–Crippen MR) is 170 cm³/mol. The average molecular weight is 537 g/mol. The molecule has 2 heteroatoms. The highest BCUT2D eigenvalue weighted by Gasteiger charge is 2.15. The minimum Gasteiger partial charge on any atom is -0.462 e. The summed E-state index contributed by atoms with van der Waals surface area (Å²) >= 11 is 0. The van der Waals surface area contributed by atoms with Crippen molar-refractivity contribution in [3.05, 3.63) is 0 Å².